The molecule has 3 aromatic heterocycles. The van der Waals surface area contributed by atoms with E-state index in [-0.39, 0.29) is 5.56 Å². The highest BCUT2D eigenvalue weighted by molar-refractivity contribution is 7.19. The Balaban J connectivity index is 1.10. The van der Waals surface area contributed by atoms with Crippen molar-refractivity contribution in [1.82, 2.24) is 29.8 Å². The molecular formula is C51H44N6OS. The molecule has 0 saturated heterocycles. The van der Waals surface area contributed by atoms with Crippen LogP contribution in [0, 0.1) is 6.92 Å². The summed E-state index contributed by atoms with van der Waals surface area (Å²) in [6, 6.07) is 58.8. The Hall–Kier alpha value is -6.77. The van der Waals surface area contributed by atoms with Crippen molar-refractivity contribution >= 4 is 21.4 Å². The maximum Gasteiger partial charge on any atom is 0.257 e. The van der Waals surface area contributed by atoms with Gasteiger partial charge in [0, 0.05) is 27.1 Å². The molecule has 0 bridgehead atoms. The van der Waals surface area contributed by atoms with Gasteiger partial charge in [0.2, 0.25) is 0 Å². The first-order valence-electron chi connectivity index (χ1n) is 20.3. The van der Waals surface area contributed by atoms with Gasteiger partial charge in [-0.05, 0) is 81.1 Å². The van der Waals surface area contributed by atoms with Crippen LogP contribution in [-0.2, 0) is 24.9 Å². The van der Waals surface area contributed by atoms with Crippen molar-refractivity contribution in [3.63, 3.8) is 0 Å². The number of thiophene rings is 1. The SMILES string of the molecule is CCCCc1nc(C)n(Cc2cc3ccccc3s2)c(=O)c1Cc1ccc(-c2ccccc2-c2nnnn2C(c2ccccc2)(c2ccccc2)c2ccccc2)cc1. The molecule has 0 aliphatic heterocycles. The zero-order valence-corrected chi connectivity index (χ0v) is 34.0. The first-order chi connectivity index (χ1) is 29.0. The average Bonchev–Trinajstić information content (AvgIpc) is 3.95. The van der Waals surface area contributed by atoms with Crippen molar-refractivity contribution in [3.05, 3.63) is 224 Å². The molecule has 0 unspecified atom stereocenters. The molecule has 3 heterocycles. The minimum Gasteiger partial charge on any atom is -0.291 e. The zero-order chi connectivity index (χ0) is 40.2. The lowest BCUT2D eigenvalue weighted by Crippen LogP contribution is -2.39. The molecule has 0 amide bonds. The van der Waals surface area contributed by atoms with E-state index in [1.54, 1.807) is 11.3 Å². The third-order valence-electron chi connectivity index (χ3n) is 11.3. The Labute approximate surface area is 348 Å². The van der Waals surface area contributed by atoms with Crippen LogP contribution in [0.15, 0.2) is 175 Å². The summed E-state index contributed by atoms with van der Waals surface area (Å²) < 4.78 is 5.05. The van der Waals surface area contributed by atoms with E-state index in [1.807, 2.05) is 40.4 Å². The third-order valence-corrected chi connectivity index (χ3v) is 12.4. The normalized spacial score (nSPS) is 11.6. The largest absolute Gasteiger partial charge is 0.291 e. The molecule has 0 aliphatic carbocycles. The molecule has 0 radical (unpaired) electrons. The van der Waals surface area contributed by atoms with Gasteiger partial charge in [0.25, 0.3) is 5.56 Å². The number of benzene rings is 6. The average molecular weight is 789 g/mol. The monoisotopic (exact) mass is 788 g/mol. The number of nitrogens with zero attached hydrogens (tertiary/aromatic N) is 6. The maximum absolute atomic E-state index is 14.4. The second-order valence-corrected chi connectivity index (χ2v) is 16.1. The quantitative estimate of drug-likeness (QED) is 0.109. The van der Waals surface area contributed by atoms with Gasteiger partial charge in [0.1, 0.15) is 11.4 Å². The lowest BCUT2D eigenvalue weighted by Gasteiger charge is -2.36. The Kier molecular flexibility index (Phi) is 10.6. The summed E-state index contributed by atoms with van der Waals surface area (Å²) in [7, 11) is 0. The van der Waals surface area contributed by atoms with Crippen LogP contribution < -0.4 is 5.56 Å². The van der Waals surface area contributed by atoms with Gasteiger partial charge >= 0.3 is 0 Å². The number of unbranched alkanes of at least 4 members (excludes halogenated alkanes) is 1. The van der Waals surface area contributed by atoms with E-state index in [2.05, 4.69) is 158 Å². The second kappa shape index (κ2) is 16.6. The van der Waals surface area contributed by atoms with Gasteiger partial charge in [0.05, 0.1) is 12.2 Å². The van der Waals surface area contributed by atoms with Gasteiger partial charge in [0.15, 0.2) is 5.82 Å². The zero-order valence-electron chi connectivity index (χ0n) is 33.2. The van der Waals surface area contributed by atoms with E-state index in [1.165, 1.54) is 10.1 Å². The number of hydrogen-bond donors (Lipinski definition) is 0. The molecule has 59 heavy (non-hydrogen) atoms. The molecule has 9 rings (SSSR count). The molecule has 0 aliphatic rings. The van der Waals surface area contributed by atoms with Crippen molar-refractivity contribution in [2.24, 2.45) is 0 Å². The van der Waals surface area contributed by atoms with Gasteiger partial charge < -0.3 is 0 Å². The van der Waals surface area contributed by atoms with Crippen molar-refractivity contribution in [1.29, 1.82) is 0 Å². The number of fused-ring (bicyclic) bond motifs is 1. The van der Waals surface area contributed by atoms with Crippen LogP contribution in [0.1, 0.15) is 64.0 Å². The van der Waals surface area contributed by atoms with Gasteiger partial charge in [-0.25, -0.2) is 9.67 Å². The fourth-order valence-corrected chi connectivity index (χ4v) is 9.42. The Morgan fingerprint density at radius 1 is 0.678 bits per heavy atom. The minimum atomic E-state index is -0.874. The minimum absolute atomic E-state index is 0.0426. The number of aromatic nitrogens is 6. The lowest BCUT2D eigenvalue weighted by molar-refractivity contribution is 0.451. The Morgan fingerprint density at radius 3 is 1.90 bits per heavy atom. The predicted molar refractivity (Wildman–Crippen MR) is 239 cm³/mol. The Bertz CT molecular complexity index is 2770. The molecule has 9 aromatic rings. The predicted octanol–water partition coefficient (Wildman–Crippen LogP) is 10.9. The van der Waals surface area contributed by atoms with Crippen LogP contribution in [0.2, 0.25) is 0 Å². The molecule has 7 nitrogen and oxygen atoms in total. The highest BCUT2D eigenvalue weighted by atomic mass is 32.1. The van der Waals surface area contributed by atoms with Crippen molar-refractivity contribution in [2.75, 3.05) is 0 Å². The molecule has 0 fully saturated rings. The van der Waals surface area contributed by atoms with Crippen LogP contribution in [0.5, 0.6) is 0 Å². The number of rotatable bonds is 13. The Morgan fingerprint density at radius 2 is 1.27 bits per heavy atom. The summed E-state index contributed by atoms with van der Waals surface area (Å²) in [6.07, 6.45) is 3.30. The highest BCUT2D eigenvalue weighted by Crippen LogP contribution is 2.43. The molecule has 0 atom stereocenters. The number of tetrazole rings is 1. The number of aryl methyl sites for hydroxylation is 2. The fourth-order valence-electron chi connectivity index (χ4n) is 8.36. The van der Waals surface area contributed by atoms with Gasteiger partial charge in [-0.3, -0.25) is 9.36 Å². The highest BCUT2D eigenvalue weighted by Gasteiger charge is 2.42. The van der Waals surface area contributed by atoms with Crippen molar-refractivity contribution in [3.8, 4) is 22.5 Å². The molecule has 6 aromatic carbocycles. The van der Waals surface area contributed by atoms with Crippen LogP contribution in [0.25, 0.3) is 32.6 Å². The summed E-state index contributed by atoms with van der Waals surface area (Å²) in [5, 5.41) is 15.1. The first kappa shape index (κ1) is 37.8. The summed E-state index contributed by atoms with van der Waals surface area (Å²) in [5.41, 5.74) is 7.97. The molecule has 0 spiro atoms. The molecule has 0 saturated carbocycles. The van der Waals surface area contributed by atoms with Gasteiger partial charge in [-0.15, -0.1) is 16.4 Å². The van der Waals surface area contributed by atoms with Gasteiger partial charge in [-0.1, -0.05) is 171 Å². The van der Waals surface area contributed by atoms with Crippen molar-refractivity contribution < 1.29 is 0 Å². The first-order valence-corrected chi connectivity index (χ1v) is 21.1. The van der Waals surface area contributed by atoms with E-state index in [0.29, 0.717) is 18.8 Å². The molecule has 290 valence electrons. The van der Waals surface area contributed by atoms with E-state index in [9.17, 15) is 4.79 Å². The van der Waals surface area contributed by atoms with E-state index >= 15 is 0 Å². The summed E-state index contributed by atoms with van der Waals surface area (Å²) in [6.45, 7) is 4.64. The smallest absolute Gasteiger partial charge is 0.257 e. The maximum atomic E-state index is 14.4. The molecule has 8 heteroatoms. The van der Waals surface area contributed by atoms with E-state index in [0.717, 1.165) is 80.2 Å². The van der Waals surface area contributed by atoms with E-state index in [4.69, 9.17) is 15.3 Å². The van der Waals surface area contributed by atoms with Crippen molar-refractivity contribution in [2.45, 2.75) is 51.6 Å². The van der Waals surface area contributed by atoms with Crippen LogP contribution >= 0.6 is 11.3 Å². The van der Waals surface area contributed by atoms with Crippen LogP contribution in [-0.4, -0.2) is 29.8 Å². The van der Waals surface area contributed by atoms with Gasteiger partial charge in [-0.2, -0.15) is 0 Å². The molecular weight excluding hydrogens is 745 g/mol. The second-order valence-electron chi connectivity index (χ2n) is 15.0. The molecule has 0 N–H and O–H groups in total. The fraction of sp³-hybridized carbons (Fsp3) is 0.157. The third kappa shape index (κ3) is 7.21. The topological polar surface area (TPSA) is 78.5 Å². The van der Waals surface area contributed by atoms with E-state index < -0.39 is 5.54 Å². The van der Waals surface area contributed by atoms with Crippen LogP contribution in [0.3, 0.4) is 0 Å². The summed E-state index contributed by atoms with van der Waals surface area (Å²) >= 11 is 1.73. The standard InChI is InChI=1S/C51H44N6OS/c1-3-4-27-47-46(50(58)56(36(2)52-47)35-43-34-39-18-14-17-28-48(39)59-43)33-37-29-31-38(32-30-37)44-25-15-16-26-45(44)49-53-54-55-57(49)51(40-19-8-5-9-20-40,41-21-10-6-11-22-41)42-23-12-7-13-24-42/h5-26,28-32,34H,3-4,27,33,35H2,1-2H3. The lowest BCUT2D eigenvalue weighted by atomic mass is 9.77. The summed E-state index contributed by atoms with van der Waals surface area (Å²) in [5.74, 6) is 1.40. The number of hydrogen-bond acceptors (Lipinski definition) is 6. The summed E-state index contributed by atoms with van der Waals surface area (Å²) in [4.78, 5) is 20.6. The van der Waals surface area contributed by atoms with Crippen LogP contribution in [0.4, 0.5) is 0 Å².